The Morgan fingerprint density at radius 3 is 1.70 bits per heavy atom. The fourth-order valence-corrected chi connectivity index (χ4v) is 10.4. The van der Waals surface area contributed by atoms with Crippen LogP contribution in [0, 0.1) is 11.8 Å². The maximum Gasteiger partial charge on any atom is 0.472 e. The SMILES string of the molecule is CC(C)OP(=O)(O)OCC1OC(n2cnc3c(N)nc(OCCOP(=O)(O)OCCOc4cc5c6ccccc6c(OCCOP(=O)(O)OCC[N+](C)(C)C)cc5c5ccccc45)nc32)C(O)C1C(C)C. The number of anilines is 1. The van der Waals surface area contributed by atoms with Crippen molar-refractivity contribution in [3.05, 3.63) is 67.0 Å². The number of phosphoric acid groups is 3. The average Bonchev–Trinajstić information content (AvgIpc) is 3.87. The Balaban J connectivity index is 0.937. The van der Waals surface area contributed by atoms with Crippen LogP contribution >= 0.6 is 23.5 Å². The molecule has 1 saturated heterocycles. The number of aromatic nitrogens is 4. The number of hydrogen-bond acceptors (Lipinski definition) is 18. The van der Waals surface area contributed by atoms with E-state index in [2.05, 4.69) is 15.0 Å². The van der Waals surface area contributed by atoms with Crippen LogP contribution in [-0.2, 0) is 45.6 Å². The first kappa shape index (κ1) is 54.4. The van der Waals surface area contributed by atoms with Gasteiger partial charge in [0.05, 0.1) is 66.1 Å². The topological polar surface area (TPSA) is 294 Å². The van der Waals surface area contributed by atoms with Crippen LogP contribution in [0.5, 0.6) is 17.5 Å². The third kappa shape index (κ3) is 14.0. The molecule has 1 aliphatic heterocycles. The number of aliphatic hydroxyl groups excluding tert-OH is 1. The summed E-state index contributed by atoms with van der Waals surface area (Å²) in [5.74, 6) is 0.331. The number of rotatable bonds is 26. The zero-order valence-corrected chi connectivity index (χ0v) is 43.1. The minimum Gasteiger partial charge on any atom is -0.490 e. The summed E-state index contributed by atoms with van der Waals surface area (Å²) in [5.41, 5.74) is 6.52. The molecule has 0 bridgehead atoms. The maximum absolute atomic E-state index is 12.9. The number of nitrogens with two attached hydrogens (primary N) is 1. The van der Waals surface area contributed by atoms with Crippen molar-refractivity contribution in [1.82, 2.24) is 19.5 Å². The van der Waals surface area contributed by atoms with E-state index in [-0.39, 0.29) is 75.2 Å². The number of aliphatic hydroxyl groups is 1. The molecule has 0 radical (unpaired) electrons. The van der Waals surface area contributed by atoms with Gasteiger partial charge in [0.25, 0.3) is 0 Å². The molecule has 1 aliphatic rings. The summed E-state index contributed by atoms with van der Waals surface area (Å²) in [7, 11) is -7.43. The largest absolute Gasteiger partial charge is 0.490 e. The number of fused-ring (bicyclic) bond motifs is 6. The van der Waals surface area contributed by atoms with Gasteiger partial charge in [-0.25, -0.2) is 18.7 Å². The van der Waals surface area contributed by atoms with Crippen LogP contribution in [0.2, 0.25) is 0 Å². The van der Waals surface area contributed by atoms with Crippen molar-refractivity contribution in [2.75, 3.05) is 86.3 Å². The molecule has 0 amide bonds. The van der Waals surface area contributed by atoms with Crippen molar-refractivity contribution < 1.29 is 84.1 Å². The molecule has 7 unspecified atom stereocenters. The second kappa shape index (κ2) is 22.8. The first-order valence-corrected chi connectivity index (χ1v) is 27.3. The van der Waals surface area contributed by atoms with Gasteiger partial charge in [-0.2, -0.15) is 9.97 Å². The normalized spacial score (nSPS) is 20.2. The first-order chi connectivity index (χ1) is 33.5. The number of likely N-dealkylation sites (N-methyl/N-ethyl adjacent to an activating group) is 1. The van der Waals surface area contributed by atoms with Gasteiger partial charge in [0.1, 0.15) is 50.6 Å². The molecular formula is C45H62N6O17P3+. The van der Waals surface area contributed by atoms with Crippen molar-refractivity contribution in [2.45, 2.75) is 52.2 Å². The van der Waals surface area contributed by atoms with Crippen LogP contribution in [0.3, 0.4) is 0 Å². The molecule has 23 nitrogen and oxygen atoms in total. The predicted octanol–water partition coefficient (Wildman–Crippen LogP) is 6.75. The van der Waals surface area contributed by atoms with E-state index in [4.69, 9.17) is 51.8 Å². The van der Waals surface area contributed by atoms with Crippen LogP contribution in [0.15, 0.2) is 67.0 Å². The second-order valence-electron chi connectivity index (χ2n) is 18.3. The number of nitrogen functional groups attached to an aromatic ring is 1. The van der Waals surface area contributed by atoms with Crippen LogP contribution < -0.4 is 19.9 Å². The number of benzene rings is 4. The van der Waals surface area contributed by atoms with E-state index in [9.17, 15) is 33.5 Å². The number of imidazole rings is 1. The van der Waals surface area contributed by atoms with E-state index in [0.717, 1.165) is 32.3 Å². The standard InChI is InChI=1S/C45H61N6O17P3/c1-28(2)39-38(26-66-71(57,58)68-29(3)4)67-44(41(39)52)50-27-47-40-42(46)48-45(49-43(40)50)61-20-23-65-70(55,56)64-22-19-60-37-25-35-30-12-8-10-14-32(30)36(24-34(35)31-13-9-11-15-33(31)37)59-18-21-63-69(53,54)62-17-16-51(5,6)7/h8-15,24-25,27-29,38-39,41,44,52H,16-23,26H2,1-7H3,(H4-,46,48,49,53,54,55,56,57,58)/p+1. The summed E-state index contributed by atoms with van der Waals surface area (Å²) in [5, 5.41) is 16.4. The lowest BCUT2D eigenvalue weighted by atomic mass is 9.87. The van der Waals surface area contributed by atoms with Crippen LogP contribution in [-0.4, -0.2) is 143 Å². The summed E-state index contributed by atoms with van der Waals surface area (Å²) in [6.07, 6.45) is -2.18. The highest BCUT2D eigenvalue weighted by Gasteiger charge is 2.47. The van der Waals surface area contributed by atoms with Crippen LogP contribution in [0.4, 0.5) is 5.82 Å². The summed E-state index contributed by atoms with van der Waals surface area (Å²) in [4.78, 5) is 43.6. The molecule has 1 fully saturated rings. The fourth-order valence-electron chi connectivity index (χ4n) is 8.12. The van der Waals surface area contributed by atoms with E-state index >= 15 is 0 Å². The molecule has 7 rings (SSSR count). The Morgan fingerprint density at radius 1 is 0.690 bits per heavy atom. The highest BCUT2D eigenvalue weighted by molar-refractivity contribution is 7.47. The summed E-state index contributed by atoms with van der Waals surface area (Å²) in [6, 6.07) is 18.8. The highest BCUT2D eigenvalue weighted by atomic mass is 31.2. The van der Waals surface area contributed by atoms with Crippen LogP contribution in [0.25, 0.3) is 43.5 Å². The third-order valence-corrected chi connectivity index (χ3v) is 14.4. The number of hydrogen-bond donors (Lipinski definition) is 5. The van der Waals surface area contributed by atoms with Gasteiger partial charge in [-0.05, 0) is 53.4 Å². The molecule has 7 atom stereocenters. The Labute approximate surface area is 410 Å². The van der Waals surface area contributed by atoms with Gasteiger partial charge in [-0.1, -0.05) is 62.4 Å². The molecule has 71 heavy (non-hydrogen) atoms. The lowest BCUT2D eigenvalue weighted by Crippen LogP contribution is -2.37. The first-order valence-electron chi connectivity index (χ1n) is 22.8. The van der Waals surface area contributed by atoms with E-state index < -0.39 is 60.5 Å². The third-order valence-electron chi connectivity index (χ3n) is 11.2. The summed E-state index contributed by atoms with van der Waals surface area (Å²) < 4.78 is 94.7. The van der Waals surface area contributed by atoms with Gasteiger partial charge in [-0.3, -0.25) is 31.7 Å². The molecular weight excluding hydrogens is 989 g/mol. The number of phosphoric ester groups is 3. The smallest absolute Gasteiger partial charge is 0.472 e. The number of quaternary nitrogens is 1. The molecule has 6 N–H and O–H groups in total. The van der Waals surface area contributed by atoms with Crippen molar-refractivity contribution in [3.63, 3.8) is 0 Å². The highest BCUT2D eigenvalue weighted by Crippen LogP contribution is 2.48. The Hall–Kier alpha value is -4.38. The van der Waals surface area contributed by atoms with Gasteiger partial charge in [-0.15, -0.1) is 0 Å². The summed E-state index contributed by atoms with van der Waals surface area (Å²) >= 11 is 0. The molecule has 0 spiro atoms. The van der Waals surface area contributed by atoms with Gasteiger partial charge in [0.15, 0.2) is 23.2 Å². The molecule has 26 heteroatoms. The molecule has 4 aromatic carbocycles. The number of ether oxygens (including phenoxy) is 4. The van der Waals surface area contributed by atoms with Gasteiger partial charge >= 0.3 is 29.5 Å². The minimum atomic E-state index is -4.60. The van der Waals surface area contributed by atoms with Crippen molar-refractivity contribution in [2.24, 2.45) is 11.8 Å². The lowest BCUT2D eigenvalue weighted by Gasteiger charge is -2.24. The van der Waals surface area contributed by atoms with Crippen molar-refractivity contribution >= 4 is 72.8 Å². The predicted molar refractivity (Wildman–Crippen MR) is 262 cm³/mol. The van der Waals surface area contributed by atoms with E-state index in [1.54, 1.807) is 13.8 Å². The molecule has 388 valence electrons. The van der Waals surface area contributed by atoms with Crippen molar-refractivity contribution in [1.29, 1.82) is 0 Å². The van der Waals surface area contributed by atoms with Gasteiger partial charge in [0.2, 0.25) is 0 Å². The Bertz CT molecular complexity index is 2950. The van der Waals surface area contributed by atoms with Gasteiger partial charge in [0, 0.05) is 16.7 Å². The molecule has 0 saturated carbocycles. The van der Waals surface area contributed by atoms with Gasteiger partial charge < -0.3 is 49.0 Å². The monoisotopic (exact) mass is 1050 g/mol. The molecule has 2 aromatic heterocycles. The van der Waals surface area contributed by atoms with E-state index in [1.165, 1.54) is 10.9 Å². The van der Waals surface area contributed by atoms with Crippen molar-refractivity contribution in [3.8, 4) is 17.5 Å². The van der Waals surface area contributed by atoms with E-state index in [1.807, 2.05) is 95.7 Å². The summed E-state index contributed by atoms with van der Waals surface area (Å²) in [6.45, 7) is 5.82. The van der Waals surface area contributed by atoms with Crippen LogP contribution in [0.1, 0.15) is 33.9 Å². The lowest BCUT2D eigenvalue weighted by molar-refractivity contribution is -0.870. The maximum atomic E-state index is 12.9. The second-order valence-corrected chi connectivity index (χ2v) is 22.6. The minimum absolute atomic E-state index is 0.0197. The van der Waals surface area contributed by atoms with E-state index in [0.29, 0.717) is 22.5 Å². The zero-order valence-electron chi connectivity index (χ0n) is 40.4. The average molecular weight is 1050 g/mol. The Morgan fingerprint density at radius 2 is 1.20 bits per heavy atom. The Kier molecular flexibility index (Phi) is 17.5. The fraction of sp³-hybridized carbons (Fsp3) is 0.489. The number of nitrogens with zero attached hydrogens (tertiary/aromatic N) is 5. The molecule has 6 aromatic rings. The molecule has 3 heterocycles. The molecule has 0 aliphatic carbocycles. The zero-order chi connectivity index (χ0) is 51.3. The quantitative estimate of drug-likeness (QED) is 0.0162.